The Bertz CT molecular complexity index is 368. The number of nitrogen functional groups attached to an aromatic ring is 1. The van der Waals surface area contributed by atoms with E-state index >= 15 is 0 Å². The molecule has 82 valence electrons. The molecule has 0 atom stereocenters. The van der Waals surface area contributed by atoms with E-state index in [1.165, 1.54) is 18.2 Å². The van der Waals surface area contributed by atoms with Crippen molar-refractivity contribution in [2.75, 3.05) is 11.6 Å². The number of ketones is 1. The fraction of sp³-hybridized carbons (Fsp3) is 0.300. The molecule has 1 aromatic carbocycles. The van der Waals surface area contributed by atoms with E-state index in [0.29, 0.717) is 0 Å². The van der Waals surface area contributed by atoms with Gasteiger partial charge in [0.15, 0.2) is 5.78 Å². The summed E-state index contributed by atoms with van der Waals surface area (Å²) in [5, 5.41) is 0. The van der Waals surface area contributed by atoms with Crippen LogP contribution in [0.25, 0.3) is 0 Å². The van der Waals surface area contributed by atoms with E-state index in [2.05, 4.69) is 0 Å². The van der Waals surface area contributed by atoms with Crippen LogP contribution in [0.4, 0.5) is 14.5 Å². The molecular formula is C10H10ClF2NO. The summed E-state index contributed by atoms with van der Waals surface area (Å²) in [4.78, 5) is 11.5. The lowest BCUT2D eigenvalue weighted by molar-refractivity contribution is 0.0976. The zero-order chi connectivity index (χ0) is 11.4. The molecule has 5 heteroatoms. The number of hydrogen-bond acceptors (Lipinski definition) is 2. The molecule has 0 bridgehead atoms. The number of anilines is 1. The third-order valence-electron chi connectivity index (χ3n) is 1.96. The average molecular weight is 234 g/mol. The van der Waals surface area contributed by atoms with Crippen molar-refractivity contribution >= 4 is 23.1 Å². The quantitative estimate of drug-likeness (QED) is 0.494. The number of hydrogen-bond donors (Lipinski definition) is 1. The molecule has 0 aromatic heterocycles. The lowest BCUT2D eigenvalue weighted by atomic mass is 10.0. The molecule has 0 heterocycles. The second kappa shape index (κ2) is 5.07. The van der Waals surface area contributed by atoms with Gasteiger partial charge in [-0.15, -0.1) is 11.6 Å². The van der Waals surface area contributed by atoms with Gasteiger partial charge in [0.2, 0.25) is 0 Å². The minimum Gasteiger partial charge on any atom is -0.398 e. The van der Waals surface area contributed by atoms with Gasteiger partial charge in [-0.2, -0.15) is 0 Å². The average Bonchev–Trinajstić information content (AvgIpc) is 2.17. The molecule has 15 heavy (non-hydrogen) atoms. The lowest BCUT2D eigenvalue weighted by Gasteiger charge is -2.09. The fourth-order valence-electron chi connectivity index (χ4n) is 1.30. The smallest absolute Gasteiger partial charge is 0.264 e. The Balaban J connectivity index is 3.18. The zero-order valence-electron chi connectivity index (χ0n) is 7.84. The van der Waals surface area contributed by atoms with Crippen LogP contribution in [0.1, 0.15) is 28.8 Å². The summed E-state index contributed by atoms with van der Waals surface area (Å²) in [6.07, 6.45) is -2.70. The van der Waals surface area contributed by atoms with Gasteiger partial charge in [-0.1, -0.05) is 12.1 Å². The number of Topliss-reactive ketones (excluding diaryl/α,β-unsaturated/α-hetero) is 1. The van der Waals surface area contributed by atoms with Crippen molar-refractivity contribution in [2.45, 2.75) is 12.8 Å². The number of halogens is 3. The van der Waals surface area contributed by atoms with Crippen LogP contribution in [-0.4, -0.2) is 11.7 Å². The first-order valence-electron chi connectivity index (χ1n) is 4.33. The molecule has 0 unspecified atom stereocenters. The fourth-order valence-corrected chi connectivity index (χ4v) is 1.48. The van der Waals surface area contributed by atoms with Crippen LogP contribution in [0, 0.1) is 0 Å². The number of benzene rings is 1. The Labute approximate surface area is 91.0 Å². The van der Waals surface area contributed by atoms with E-state index in [9.17, 15) is 13.6 Å². The summed E-state index contributed by atoms with van der Waals surface area (Å²) < 4.78 is 25.1. The molecule has 0 aliphatic carbocycles. The SMILES string of the molecule is Nc1cccc(C(F)F)c1C(=O)CCCl. The Morgan fingerprint density at radius 3 is 2.67 bits per heavy atom. The monoisotopic (exact) mass is 233 g/mol. The molecule has 0 amide bonds. The topological polar surface area (TPSA) is 43.1 Å². The number of nitrogens with two attached hydrogens (primary N) is 1. The zero-order valence-corrected chi connectivity index (χ0v) is 8.60. The van der Waals surface area contributed by atoms with Crippen molar-refractivity contribution < 1.29 is 13.6 Å². The van der Waals surface area contributed by atoms with E-state index in [1.54, 1.807) is 0 Å². The maximum absolute atomic E-state index is 12.6. The van der Waals surface area contributed by atoms with Crippen molar-refractivity contribution in [1.82, 2.24) is 0 Å². The highest BCUT2D eigenvalue weighted by Gasteiger charge is 2.19. The summed E-state index contributed by atoms with van der Waals surface area (Å²) in [6, 6.07) is 4.02. The van der Waals surface area contributed by atoms with E-state index in [-0.39, 0.29) is 29.1 Å². The summed E-state index contributed by atoms with van der Waals surface area (Å²) in [7, 11) is 0. The molecule has 0 saturated carbocycles. The maximum Gasteiger partial charge on any atom is 0.264 e. The van der Waals surface area contributed by atoms with E-state index in [1.807, 2.05) is 0 Å². The molecule has 0 aliphatic rings. The third kappa shape index (κ3) is 2.65. The van der Waals surface area contributed by atoms with Gasteiger partial charge in [0.05, 0.1) is 0 Å². The van der Waals surface area contributed by atoms with Crippen LogP contribution in [-0.2, 0) is 0 Å². The number of carbonyl (C=O) groups is 1. The van der Waals surface area contributed by atoms with Crippen LogP contribution >= 0.6 is 11.6 Å². The maximum atomic E-state index is 12.6. The largest absolute Gasteiger partial charge is 0.398 e. The van der Waals surface area contributed by atoms with Crippen molar-refractivity contribution in [3.8, 4) is 0 Å². The van der Waals surface area contributed by atoms with Gasteiger partial charge in [0.1, 0.15) is 0 Å². The second-order valence-corrected chi connectivity index (χ2v) is 3.35. The number of alkyl halides is 3. The van der Waals surface area contributed by atoms with E-state index in [0.717, 1.165) is 0 Å². The molecule has 0 saturated heterocycles. The van der Waals surface area contributed by atoms with Crippen molar-refractivity contribution in [3.63, 3.8) is 0 Å². The first-order valence-corrected chi connectivity index (χ1v) is 4.87. The van der Waals surface area contributed by atoms with Crippen LogP contribution in [0.2, 0.25) is 0 Å². The highest BCUT2D eigenvalue weighted by molar-refractivity contribution is 6.20. The number of rotatable bonds is 4. The predicted octanol–water partition coefficient (Wildman–Crippen LogP) is 3.02. The summed E-state index contributed by atoms with van der Waals surface area (Å²) in [5.74, 6) is -0.353. The van der Waals surface area contributed by atoms with Gasteiger partial charge in [0.25, 0.3) is 6.43 Å². The first-order chi connectivity index (χ1) is 7.07. The van der Waals surface area contributed by atoms with E-state index in [4.69, 9.17) is 17.3 Å². The van der Waals surface area contributed by atoms with Crippen molar-refractivity contribution in [2.24, 2.45) is 0 Å². The molecule has 0 aliphatic heterocycles. The van der Waals surface area contributed by atoms with Crippen LogP contribution < -0.4 is 5.73 Å². The predicted molar refractivity (Wildman–Crippen MR) is 55.5 cm³/mol. The normalized spacial score (nSPS) is 10.7. The summed E-state index contributed by atoms with van der Waals surface area (Å²) >= 11 is 5.38. The Kier molecular flexibility index (Phi) is 4.03. The highest BCUT2D eigenvalue weighted by atomic mass is 35.5. The molecule has 0 radical (unpaired) electrons. The lowest BCUT2D eigenvalue weighted by Crippen LogP contribution is -2.08. The molecule has 2 nitrogen and oxygen atoms in total. The van der Waals surface area contributed by atoms with Gasteiger partial charge in [-0.05, 0) is 6.07 Å². The van der Waals surface area contributed by atoms with Crippen molar-refractivity contribution in [1.29, 1.82) is 0 Å². The first kappa shape index (κ1) is 11.9. The Hall–Kier alpha value is -1.16. The van der Waals surface area contributed by atoms with Crippen LogP contribution in [0.15, 0.2) is 18.2 Å². The second-order valence-electron chi connectivity index (χ2n) is 2.97. The van der Waals surface area contributed by atoms with Crippen LogP contribution in [0.5, 0.6) is 0 Å². The summed E-state index contributed by atoms with van der Waals surface area (Å²) in [5.41, 5.74) is 5.13. The minimum absolute atomic E-state index is 0.00941. The van der Waals surface area contributed by atoms with Crippen molar-refractivity contribution in [3.05, 3.63) is 29.3 Å². The van der Waals surface area contributed by atoms with E-state index < -0.39 is 12.2 Å². The standard InChI is InChI=1S/C10H10ClF2NO/c11-5-4-8(15)9-6(10(12)13)2-1-3-7(9)14/h1-3,10H,4-5,14H2. The molecule has 1 aromatic rings. The molecular weight excluding hydrogens is 224 g/mol. The highest BCUT2D eigenvalue weighted by Crippen LogP contribution is 2.27. The molecule has 0 fully saturated rings. The van der Waals surface area contributed by atoms with Crippen LogP contribution in [0.3, 0.4) is 0 Å². The van der Waals surface area contributed by atoms with Gasteiger partial charge in [-0.25, -0.2) is 8.78 Å². The third-order valence-corrected chi connectivity index (χ3v) is 2.15. The Morgan fingerprint density at radius 1 is 1.47 bits per heavy atom. The molecule has 0 spiro atoms. The Morgan fingerprint density at radius 2 is 2.13 bits per heavy atom. The molecule has 1 rings (SSSR count). The van der Waals surface area contributed by atoms with Gasteiger partial charge in [0, 0.05) is 29.1 Å². The molecule has 2 N–H and O–H groups in total. The van der Waals surface area contributed by atoms with Gasteiger partial charge in [-0.3, -0.25) is 4.79 Å². The van der Waals surface area contributed by atoms with Gasteiger partial charge < -0.3 is 5.73 Å². The minimum atomic E-state index is -2.71. The summed E-state index contributed by atoms with van der Waals surface area (Å²) in [6.45, 7) is 0. The number of carbonyl (C=O) groups excluding carboxylic acids is 1. The van der Waals surface area contributed by atoms with Gasteiger partial charge >= 0.3 is 0 Å².